The average Bonchev–Trinajstić information content (AvgIpc) is 2.64. The predicted molar refractivity (Wildman–Crippen MR) is 99.2 cm³/mol. The van der Waals surface area contributed by atoms with E-state index in [9.17, 15) is 13.2 Å². The van der Waals surface area contributed by atoms with Crippen LogP contribution in [0.3, 0.4) is 0 Å². The third-order valence-corrected chi connectivity index (χ3v) is 5.01. The SMILES string of the molecule is CC[C@H](NC(=O)COc1ccc(OC)cc1)c1ccc(S(C)(=O)=O)cc1. The van der Waals surface area contributed by atoms with Gasteiger partial charge in [-0.05, 0) is 48.4 Å². The number of carbonyl (C=O) groups excluding carboxylic acids is 1. The highest BCUT2D eigenvalue weighted by Gasteiger charge is 2.14. The van der Waals surface area contributed by atoms with Crippen LogP contribution in [-0.2, 0) is 14.6 Å². The molecule has 1 N–H and O–H groups in total. The van der Waals surface area contributed by atoms with Crippen LogP contribution in [-0.4, -0.2) is 34.3 Å². The van der Waals surface area contributed by atoms with E-state index in [1.807, 2.05) is 6.92 Å². The van der Waals surface area contributed by atoms with Crippen molar-refractivity contribution >= 4 is 15.7 Å². The smallest absolute Gasteiger partial charge is 0.258 e. The van der Waals surface area contributed by atoms with E-state index < -0.39 is 9.84 Å². The fourth-order valence-corrected chi connectivity index (χ4v) is 3.06. The second kappa shape index (κ2) is 8.71. The second-order valence-electron chi connectivity index (χ2n) is 5.83. The van der Waals surface area contributed by atoms with Gasteiger partial charge in [0.25, 0.3) is 5.91 Å². The van der Waals surface area contributed by atoms with E-state index in [0.717, 1.165) is 11.8 Å². The minimum Gasteiger partial charge on any atom is -0.497 e. The molecule has 0 aliphatic heterocycles. The molecule has 0 spiro atoms. The lowest BCUT2D eigenvalue weighted by Crippen LogP contribution is -2.32. The van der Waals surface area contributed by atoms with Crippen LogP contribution in [0.4, 0.5) is 0 Å². The number of benzene rings is 2. The highest BCUT2D eigenvalue weighted by Crippen LogP contribution is 2.20. The Labute approximate surface area is 154 Å². The molecule has 2 aromatic carbocycles. The van der Waals surface area contributed by atoms with Gasteiger partial charge in [-0.2, -0.15) is 0 Å². The van der Waals surface area contributed by atoms with E-state index in [1.165, 1.54) is 0 Å². The summed E-state index contributed by atoms with van der Waals surface area (Å²) < 4.78 is 33.6. The largest absolute Gasteiger partial charge is 0.497 e. The summed E-state index contributed by atoms with van der Waals surface area (Å²) in [4.78, 5) is 12.4. The Bertz CT molecular complexity index is 829. The maximum absolute atomic E-state index is 12.2. The first kappa shape index (κ1) is 19.8. The van der Waals surface area contributed by atoms with E-state index in [1.54, 1.807) is 55.6 Å². The van der Waals surface area contributed by atoms with Gasteiger partial charge in [-0.25, -0.2) is 8.42 Å². The van der Waals surface area contributed by atoms with Gasteiger partial charge in [-0.1, -0.05) is 19.1 Å². The Morgan fingerprint density at radius 1 is 1.04 bits per heavy atom. The summed E-state index contributed by atoms with van der Waals surface area (Å²) >= 11 is 0. The lowest BCUT2D eigenvalue weighted by atomic mass is 10.0. The van der Waals surface area contributed by atoms with Crippen LogP contribution >= 0.6 is 0 Å². The van der Waals surface area contributed by atoms with Crippen LogP contribution in [0.1, 0.15) is 24.9 Å². The molecule has 26 heavy (non-hydrogen) atoms. The predicted octanol–water partition coefficient (Wildman–Crippen LogP) is 2.75. The monoisotopic (exact) mass is 377 g/mol. The minimum absolute atomic E-state index is 0.107. The lowest BCUT2D eigenvalue weighted by Gasteiger charge is -2.18. The summed E-state index contributed by atoms with van der Waals surface area (Å²) in [6.07, 6.45) is 1.84. The first-order chi connectivity index (χ1) is 12.3. The van der Waals surface area contributed by atoms with Crippen LogP contribution in [0.5, 0.6) is 11.5 Å². The topological polar surface area (TPSA) is 81.7 Å². The summed E-state index contributed by atoms with van der Waals surface area (Å²) in [6, 6.07) is 13.3. The molecule has 0 heterocycles. The van der Waals surface area contributed by atoms with Crippen molar-refractivity contribution in [3.8, 4) is 11.5 Å². The van der Waals surface area contributed by atoms with E-state index >= 15 is 0 Å². The Kier molecular flexibility index (Phi) is 6.63. The summed E-state index contributed by atoms with van der Waals surface area (Å²) in [5, 5.41) is 2.90. The van der Waals surface area contributed by atoms with Gasteiger partial charge in [0, 0.05) is 6.26 Å². The van der Waals surface area contributed by atoms with Crippen LogP contribution in [0.15, 0.2) is 53.4 Å². The third kappa shape index (κ3) is 5.49. The lowest BCUT2D eigenvalue weighted by molar-refractivity contribution is -0.123. The van der Waals surface area contributed by atoms with Gasteiger partial charge >= 0.3 is 0 Å². The Morgan fingerprint density at radius 3 is 2.12 bits per heavy atom. The zero-order valence-electron chi connectivity index (χ0n) is 15.1. The van der Waals surface area contributed by atoms with Crippen LogP contribution in [0, 0.1) is 0 Å². The van der Waals surface area contributed by atoms with Gasteiger partial charge in [-0.3, -0.25) is 4.79 Å². The van der Waals surface area contributed by atoms with Crippen LogP contribution in [0.2, 0.25) is 0 Å². The van der Waals surface area contributed by atoms with E-state index in [4.69, 9.17) is 9.47 Å². The van der Waals surface area contributed by atoms with Crippen molar-refractivity contribution in [3.63, 3.8) is 0 Å². The van der Waals surface area contributed by atoms with Crippen molar-refractivity contribution in [2.45, 2.75) is 24.3 Å². The standard InChI is InChI=1S/C19H23NO5S/c1-4-18(14-5-11-17(12-6-14)26(3,22)23)20-19(21)13-25-16-9-7-15(24-2)8-10-16/h5-12,18H,4,13H2,1-3H3,(H,20,21)/t18-/m0/s1. The molecule has 7 heteroatoms. The van der Waals surface area contributed by atoms with Gasteiger partial charge in [0.05, 0.1) is 18.0 Å². The zero-order chi connectivity index (χ0) is 19.2. The van der Waals surface area contributed by atoms with Gasteiger partial charge in [0.1, 0.15) is 11.5 Å². The second-order valence-corrected chi connectivity index (χ2v) is 7.85. The summed E-state index contributed by atoms with van der Waals surface area (Å²) in [5.74, 6) is 1.04. The number of hydrogen-bond donors (Lipinski definition) is 1. The maximum Gasteiger partial charge on any atom is 0.258 e. The molecule has 0 saturated carbocycles. The quantitative estimate of drug-likeness (QED) is 0.765. The fourth-order valence-electron chi connectivity index (χ4n) is 2.43. The van der Waals surface area contributed by atoms with Crippen LogP contribution in [0.25, 0.3) is 0 Å². The maximum atomic E-state index is 12.2. The van der Waals surface area contributed by atoms with Gasteiger partial charge in [0.2, 0.25) is 0 Å². The van der Waals surface area contributed by atoms with Crippen molar-refractivity contribution in [2.24, 2.45) is 0 Å². The normalized spacial score (nSPS) is 12.3. The first-order valence-corrected chi connectivity index (χ1v) is 10.1. The van der Waals surface area contributed by atoms with Crippen molar-refractivity contribution in [2.75, 3.05) is 20.0 Å². The summed E-state index contributed by atoms with van der Waals surface area (Å²) in [5.41, 5.74) is 0.845. The molecule has 0 aliphatic rings. The number of hydrogen-bond acceptors (Lipinski definition) is 5. The molecule has 0 saturated heterocycles. The third-order valence-electron chi connectivity index (χ3n) is 3.88. The van der Waals surface area contributed by atoms with E-state index in [0.29, 0.717) is 17.9 Å². The number of ether oxygens (including phenoxy) is 2. The molecule has 2 rings (SSSR count). The molecule has 0 radical (unpaired) electrons. The molecule has 2 aromatic rings. The number of nitrogens with one attached hydrogen (secondary N) is 1. The first-order valence-electron chi connectivity index (χ1n) is 8.19. The molecule has 0 aromatic heterocycles. The molecule has 0 unspecified atom stereocenters. The van der Waals surface area contributed by atoms with Gasteiger partial charge < -0.3 is 14.8 Å². The molecule has 0 aliphatic carbocycles. The average molecular weight is 377 g/mol. The number of carbonyl (C=O) groups is 1. The van der Waals surface area contributed by atoms with E-state index in [-0.39, 0.29) is 23.5 Å². The highest BCUT2D eigenvalue weighted by atomic mass is 32.2. The molecular weight excluding hydrogens is 354 g/mol. The molecule has 0 bridgehead atoms. The Balaban J connectivity index is 1.94. The van der Waals surface area contributed by atoms with Crippen LogP contribution < -0.4 is 14.8 Å². The highest BCUT2D eigenvalue weighted by molar-refractivity contribution is 7.90. The summed E-state index contributed by atoms with van der Waals surface area (Å²) in [7, 11) is -1.66. The number of sulfone groups is 1. The fraction of sp³-hybridized carbons (Fsp3) is 0.316. The molecule has 6 nitrogen and oxygen atoms in total. The zero-order valence-corrected chi connectivity index (χ0v) is 15.9. The van der Waals surface area contributed by atoms with Crippen molar-refractivity contribution in [3.05, 3.63) is 54.1 Å². The van der Waals surface area contributed by atoms with E-state index in [2.05, 4.69) is 5.32 Å². The van der Waals surface area contributed by atoms with Gasteiger partial charge in [-0.15, -0.1) is 0 Å². The van der Waals surface area contributed by atoms with Crippen molar-refractivity contribution in [1.29, 1.82) is 0 Å². The molecule has 140 valence electrons. The molecular formula is C19H23NO5S. The Hall–Kier alpha value is -2.54. The molecule has 1 amide bonds. The molecule has 0 fully saturated rings. The minimum atomic E-state index is -3.24. The van der Waals surface area contributed by atoms with Crippen molar-refractivity contribution < 1.29 is 22.7 Å². The number of methoxy groups -OCH3 is 1. The number of amides is 1. The van der Waals surface area contributed by atoms with Gasteiger partial charge in [0.15, 0.2) is 16.4 Å². The van der Waals surface area contributed by atoms with Crippen molar-refractivity contribution in [1.82, 2.24) is 5.32 Å². The number of rotatable bonds is 8. The summed E-state index contributed by atoms with van der Waals surface area (Å²) in [6.45, 7) is 1.84. The Morgan fingerprint density at radius 2 is 1.62 bits per heavy atom. The molecule has 1 atom stereocenters.